The van der Waals surface area contributed by atoms with Crippen LogP contribution in [0.4, 0.5) is 0 Å². The van der Waals surface area contributed by atoms with Crippen molar-refractivity contribution >= 4 is 5.97 Å². The van der Waals surface area contributed by atoms with E-state index in [4.69, 9.17) is 4.74 Å². The number of ether oxygens (including phenoxy) is 1. The maximum absolute atomic E-state index is 11.1. The third-order valence-electron chi connectivity index (χ3n) is 4.16. The fourth-order valence-corrected chi connectivity index (χ4v) is 3.03. The first-order valence-corrected chi connectivity index (χ1v) is 10.5. The van der Waals surface area contributed by atoms with Crippen LogP contribution >= 0.6 is 0 Å². The average molecular weight is 371 g/mol. The van der Waals surface area contributed by atoms with E-state index in [1.165, 1.54) is 24.8 Å². The standard InChI is InChI=1S/C10H12.C9H8O2.3C2H6/c1-8-5-6-9-3-2-4-10(9)7-8;1-6-7-4-2-3-5-8(7)9(10)11-6;3*1-2/h5-7H,2-4H2,1H3;2-6H,1H3;3*1-2H3. The summed E-state index contributed by atoms with van der Waals surface area (Å²) in [7, 11) is 0. The summed E-state index contributed by atoms with van der Waals surface area (Å²) in [5.41, 5.74) is 6.27. The third kappa shape index (κ3) is 7.21. The van der Waals surface area contributed by atoms with Gasteiger partial charge in [0.1, 0.15) is 6.10 Å². The molecule has 0 bridgehead atoms. The fourth-order valence-electron chi connectivity index (χ4n) is 3.03. The van der Waals surface area contributed by atoms with Crippen molar-refractivity contribution < 1.29 is 9.53 Å². The Morgan fingerprint density at radius 3 is 2.07 bits per heavy atom. The van der Waals surface area contributed by atoms with Crippen molar-refractivity contribution in [3.63, 3.8) is 0 Å². The van der Waals surface area contributed by atoms with Crippen molar-refractivity contribution in [1.29, 1.82) is 0 Å². The minimum Gasteiger partial charge on any atom is -0.454 e. The van der Waals surface area contributed by atoms with Crippen molar-refractivity contribution in [2.45, 2.75) is 80.8 Å². The molecule has 0 spiro atoms. The van der Waals surface area contributed by atoms with Crippen LogP contribution < -0.4 is 0 Å². The molecule has 1 aliphatic heterocycles. The molecule has 1 aliphatic carbocycles. The third-order valence-corrected chi connectivity index (χ3v) is 4.16. The van der Waals surface area contributed by atoms with Gasteiger partial charge in [-0.1, -0.05) is 83.5 Å². The SMILES string of the molecule is CC.CC.CC.CC1OC(=O)c2ccccc21.Cc1ccc2c(c1)CCC2. The van der Waals surface area contributed by atoms with E-state index in [9.17, 15) is 4.79 Å². The lowest BCUT2D eigenvalue weighted by Crippen LogP contribution is -1.93. The molecule has 2 aromatic rings. The topological polar surface area (TPSA) is 26.3 Å². The van der Waals surface area contributed by atoms with Crippen LogP contribution in [0.1, 0.15) is 93.6 Å². The summed E-state index contributed by atoms with van der Waals surface area (Å²) < 4.78 is 4.99. The Morgan fingerprint density at radius 2 is 1.44 bits per heavy atom. The molecule has 0 N–H and O–H groups in total. The summed E-state index contributed by atoms with van der Waals surface area (Å²) >= 11 is 0. The molecule has 0 radical (unpaired) electrons. The Balaban J connectivity index is 0.000000394. The minimum atomic E-state index is -0.201. The van der Waals surface area contributed by atoms with Gasteiger partial charge in [-0.05, 0) is 50.3 Å². The molecule has 2 nitrogen and oxygen atoms in total. The van der Waals surface area contributed by atoms with Crippen molar-refractivity contribution in [2.75, 3.05) is 0 Å². The second-order valence-corrected chi connectivity index (χ2v) is 5.76. The highest BCUT2D eigenvalue weighted by Gasteiger charge is 2.26. The molecule has 0 saturated carbocycles. The number of benzene rings is 2. The Kier molecular flexibility index (Phi) is 12.9. The predicted molar refractivity (Wildman–Crippen MR) is 118 cm³/mol. The van der Waals surface area contributed by atoms with Crippen LogP contribution in [0.2, 0.25) is 0 Å². The van der Waals surface area contributed by atoms with Crippen molar-refractivity contribution in [2.24, 2.45) is 0 Å². The van der Waals surface area contributed by atoms with Crippen LogP contribution in [0.15, 0.2) is 42.5 Å². The smallest absolute Gasteiger partial charge is 0.339 e. The minimum absolute atomic E-state index is 0.0706. The number of carbonyl (C=O) groups excluding carboxylic acids is 1. The molecule has 0 aromatic heterocycles. The van der Waals surface area contributed by atoms with Gasteiger partial charge < -0.3 is 4.74 Å². The highest BCUT2D eigenvalue weighted by atomic mass is 16.5. The Labute approximate surface area is 167 Å². The van der Waals surface area contributed by atoms with Gasteiger partial charge in [0.25, 0.3) is 0 Å². The van der Waals surface area contributed by atoms with Crippen LogP contribution in [0, 0.1) is 6.92 Å². The van der Waals surface area contributed by atoms with E-state index in [0.717, 1.165) is 5.56 Å². The highest BCUT2D eigenvalue weighted by Crippen LogP contribution is 2.29. The van der Waals surface area contributed by atoms with Crippen LogP contribution in [-0.2, 0) is 17.6 Å². The summed E-state index contributed by atoms with van der Waals surface area (Å²) in [4.78, 5) is 11.1. The molecule has 2 heteroatoms. The maximum atomic E-state index is 11.1. The van der Waals surface area contributed by atoms with Gasteiger partial charge in [0.15, 0.2) is 0 Å². The molecule has 1 heterocycles. The maximum Gasteiger partial charge on any atom is 0.339 e. The lowest BCUT2D eigenvalue weighted by atomic mass is 10.1. The van der Waals surface area contributed by atoms with Crippen molar-refractivity contribution in [1.82, 2.24) is 0 Å². The van der Waals surface area contributed by atoms with Crippen LogP contribution in [0.5, 0.6) is 0 Å². The molecule has 0 amide bonds. The molecule has 27 heavy (non-hydrogen) atoms. The van der Waals surface area contributed by atoms with Gasteiger partial charge in [0.2, 0.25) is 0 Å². The van der Waals surface area contributed by atoms with E-state index >= 15 is 0 Å². The first-order valence-electron chi connectivity index (χ1n) is 10.5. The number of aryl methyl sites for hydroxylation is 3. The Hall–Kier alpha value is -2.09. The molecule has 2 aromatic carbocycles. The van der Waals surface area contributed by atoms with Crippen LogP contribution in [0.25, 0.3) is 0 Å². The molecular weight excluding hydrogens is 332 g/mol. The number of rotatable bonds is 0. The molecule has 0 fully saturated rings. The van der Waals surface area contributed by atoms with Crippen LogP contribution in [-0.4, -0.2) is 5.97 Å². The fraction of sp³-hybridized carbons (Fsp3) is 0.480. The van der Waals surface area contributed by atoms with Gasteiger partial charge in [-0.3, -0.25) is 0 Å². The highest BCUT2D eigenvalue weighted by molar-refractivity contribution is 5.93. The Morgan fingerprint density at radius 1 is 0.852 bits per heavy atom. The van der Waals surface area contributed by atoms with E-state index in [-0.39, 0.29) is 12.1 Å². The van der Waals surface area contributed by atoms with E-state index < -0.39 is 0 Å². The zero-order valence-corrected chi connectivity index (χ0v) is 18.6. The zero-order chi connectivity index (χ0) is 20.8. The molecular formula is C25H38O2. The lowest BCUT2D eigenvalue weighted by molar-refractivity contribution is 0.0422. The second kappa shape index (κ2) is 14.0. The summed E-state index contributed by atoms with van der Waals surface area (Å²) in [5.74, 6) is -0.201. The van der Waals surface area contributed by atoms with Crippen molar-refractivity contribution in [3.8, 4) is 0 Å². The van der Waals surface area contributed by atoms with Gasteiger partial charge in [0.05, 0.1) is 5.56 Å². The molecule has 0 saturated heterocycles. The number of carbonyl (C=O) groups is 1. The number of esters is 1. The van der Waals surface area contributed by atoms with Gasteiger partial charge in [-0.15, -0.1) is 0 Å². The number of hydrogen-bond acceptors (Lipinski definition) is 2. The first-order chi connectivity index (χ1) is 13.1. The molecule has 1 unspecified atom stereocenters. The predicted octanol–water partition coefficient (Wildman–Crippen LogP) is 7.48. The van der Waals surface area contributed by atoms with Gasteiger partial charge in [-0.2, -0.15) is 0 Å². The summed E-state index contributed by atoms with van der Waals surface area (Å²) in [6.45, 7) is 16.0. The van der Waals surface area contributed by atoms with Crippen LogP contribution in [0.3, 0.4) is 0 Å². The van der Waals surface area contributed by atoms with E-state index in [1.54, 1.807) is 17.2 Å². The number of fused-ring (bicyclic) bond motifs is 2. The lowest BCUT2D eigenvalue weighted by Gasteiger charge is -1.99. The van der Waals surface area contributed by atoms with E-state index in [0.29, 0.717) is 5.56 Å². The summed E-state index contributed by atoms with van der Waals surface area (Å²) in [6.07, 6.45) is 3.89. The largest absolute Gasteiger partial charge is 0.454 e. The van der Waals surface area contributed by atoms with E-state index in [1.807, 2.05) is 66.7 Å². The Bertz CT molecular complexity index is 674. The first kappa shape index (κ1) is 24.9. The molecule has 150 valence electrons. The quantitative estimate of drug-likeness (QED) is 0.449. The van der Waals surface area contributed by atoms with Crippen molar-refractivity contribution in [3.05, 3.63) is 70.3 Å². The molecule has 1 atom stereocenters. The second-order valence-electron chi connectivity index (χ2n) is 5.76. The number of hydrogen-bond donors (Lipinski definition) is 0. The van der Waals surface area contributed by atoms with Gasteiger partial charge in [-0.25, -0.2) is 4.79 Å². The van der Waals surface area contributed by atoms with Gasteiger partial charge >= 0.3 is 5.97 Å². The summed E-state index contributed by atoms with van der Waals surface area (Å²) in [6, 6.07) is 14.3. The van der Waals surface area contributed by atoms with Gasteiger partial charge in [0, 0.05) is 5.56 Å². The van der Waals surface area contributed by atoms with E-state index in [2.05, 4.69) is 25.1 Å². The normalized spacial score (nSPS) is 15.0. The number of cyclic esters (lactones) is 1. The average Bonchev–Trinajstić information content (AvgIpc) is 3.31. The monoisotopic (exact) mass is 370 g/mol. The zero-order valence-electron chi connectivity index (χ0n) is 18.6. The molecule has 2 aliphatic rings. The summed E-state index contributed by atoms with van der Waals surface area (Å²) in [5, 5.41) is 0. The molecule has 4 rings (SSSR count).